The number of rotatable bonds is 55. The lowest BCUT2D eigenvalue weighted by atomic mass is 10.0. The standard InChI is InChI=1S/C60H115NO5/c1-3-5-7-9-11-13-15-17-19-21-22-23-25-26-28-32-36-40-44-48-52-58(63)57(56-62)61-59(64)53-49-45-41-37-33-30-31-35-39-43-47-51-55-66-60(65)54-50-46-42-38-34-29-27-24-20-18-16-14-12-10-8-6-4-2/h18,20,48,52,57-58,62-63H,3-17,19,21-47,49-51,53-56H2,1-2H3,(H,61,64)/b20-18-,52-48+. The molecule has 6 heteroatoms. The van der Waals surface area contributed by atoms with Crippen LogP contribution in [0, 0.1) is 0 Å². The second-order valence-corrected chi connectivity index (χ2v) is 20.3. The molecule has 0 aromatic heterocycles. The normalized spacial score (nSPS) is 12.7. The third-order valence-corrected chi connectivity index (χ3v) is 13.7. The molecule has 0 aliphatic heterocycles. The number of aliphatic hydroxyl groups is 2. The molecule has 0 saturated heterocycles. The molecular weight excluding hydrogens is 815 g/mol. The van der Waals surface area contributed by atoms with Gasteiger partial charge in [0.25, 0.3) is 0 Å². The lowest BCUT2D eigenvalue weighted by molar-refractivity contribution is -0.143. The first kappa shape index (κ1) is 64.3. The third kappa shape index (κ3) is 51.7. The summed E-state index contributed by atoms with van der Waals surface area (Å²) in [5.74, 6) is -0.0946. The van der Waals surface area contributed by atoms with Crippen molar-refractivity contribution in [2.24, 2.45) is 0 Å². The van der Waals surface area contributed by atoms with Crippen LogP contribution in [-0.4, -0.2) is 47.4 Å². The maximum absolute atomic E-state index is 12.5. The Hall–Kier alpha value is -1.66. The van der Waals surface area contributed by atoms with Gasteiger partial charge in [-0.05, 0) is 57.8 Å². The van der Waals surface area contributed by atoms with E-state index in [1.165, 1.54) is 238 Å². The van der Waals surface area contributed by atoms with Crippen LogP contribution >= 0.6 is 0 Å². The van der Waals surface area contributed by atoms with Gasteiger partial charge in [-0.25, -0.2) is 0 Å². The number of esters is 1. The van der Waals surface area contributed by atoms with E-state index in [1.807, 2.05) is 6.08 Å². The number of unbranched alkanes of at least 4 members (excludes halogenated alkanes) is 42. The van der Waals surface area contributed by atoms with Crippen LogP contribution in [0.4, 0.5) is 0 Å². The van der Waals surface area contributed by atoms with Crippen LogP contribution in [0.1, 0.15) is 322 Å². The Balaban J connectivity index is 3.48. The molecule has 3 N–H and O–H groups in total. The number of ether oxygens (including phenoxy) is 1. The van der Waals surface area contributed by atoms with E-state index < -0.39 is 12.1 Å². The average molecular weight is 931 g/mol. The zero-order valence-corrected chi connectivity index (χ0v) is 44.4. The molecule has 0 aromatic rings. The summed E-state index contributed by atoms with van der Waals surface area (Å²) in [6.07, 6.45) is 67.7. The van der Waals surface area contributed by atoms with Crippen LogP contribution in [-0.2, 0) is 14.3 Å². The Bertz CT molecular complexity index is 1030. The predicted octanol–water partition coefficient (Wildman–Crippen LogP) is 18.2. The van der Waals surface area contributed by atoms with Crippen molar-refractivity contribution in [2.45, 2.75) is 334 Å². The van der Waals surface area contributed by atoms with Gasteiger partial charge in [-0.2, -0.15) is 0 Å². The monoisotopic (exact) mass is 930 g/mol. The van der Waals surface area contributed by atoms with Crippen LogP contribution < -0.4 is 5.32 Å². The number of hydrogen-bond acceptors (Lipinski definition) is 5. The number of amides is 1. The molecule has 0 bridgehead atoms. The maximum atomic E-state index is 12.5. The highest BCUT2D eigenvalue weighted by Gasteiger charge is 2.18. The van der Waals surface area contributed by atoms with E-state index in [4.69, 9.17) is 4.74 Å². The van der Waals surface area contributed by atoms with E-state index in [9.17, 15) is 19.8 Å². The Labute approximate surface area is 411 Å². The van der Waals surface area contributed by atoms with E-state index in [0.717, 1.165) is 57.8 Å². The zero-order chi connectivity index (χ0) is 47.9. The molecule has 0 rings (SSSR count). The van der Waals surface area contributed by atoms with Crippen molar-refractivity contribution < 1.29 is 24.5 Å². The lowest BCUT2D eigenvalue weighted by Gasteiger charge is -2.20. The minimum atomic E-state index is -0.855. The largest absolute Gasteiger partial charge is 0.466 e. The molecule has 1 amide bonds. The maximum Gasteiger partial charge on any atom is 0.305 e. The zero-order valence-electron chi connectivity index (χ0n) is 44.4. The SMILES string of the molecule is CCCCCCCC/C=C\CCCCCCCCCC(=O)OCCCCCCCCCCCCCCC(=O)NC(CO)C(O)/C=C/CCCCCCCCCCCCCCCCCCCC. The highest BCUT2D eigenvalue weighted by atomic mass is 16.5. The van der Waals surface area contributed by atoms with Gasteiger partial charge in [-0.1, -0.05) is 276 Å². The van der Waals surface area contributed by atoms with Gasteiger partial charge in [-0.15, -0.1) is 0 Å². The predicted molar refractivity (Wildman–Crippen MR) is 287 cm³/mol. The highest BCUT2D eigenvalue weighted by molar-refractivity contribution is 5.76. The molecule has 0 radical (unpaired) electrons. The van der Waals surface area contributed by atoms with Gasteiger partial charge < -0.3 is 20.3 Å². The van der Waals surface area contributed by atoms with Gasteiger partial charge in [0.05, 0.1) is 25.4 Å². The minimum absolute atomic E-state index is 0.0135. The van der Waals surface area contributed by atoms with Crippen molar-refractivity contribution >= 4 is 11.9 Å². The van der Waals surface area contributed by atoms with Crippen LogP contribution in [0.5, 0.6) is 0 Å². The fourth-order valence-electron chi connectivity index (χ4n) is 9.16. The summed E-state index contributed by atoms with van der Waals surface area (Å²) in [5.41, 5.74) is 0. The smallest absolute Gasteiger partial charge is 0.305 e. The fraction of sp³-hybridized carbons (Fsp3) is 0.900. The Morgan fingerprint density at radius 2 is 0.712 bits per heavy atom. The molecule has 0 aromatic carbocycles. The van der Waals surface area contributed by atoms with Gasteiger partial charge in [0.1, 0.15) is 0 Å². The van der Waals surface area contributed by atoms with Crippen molar-refractivity contribution in [1.29, 1.82) is 0 Å². The van der Waals surface area contributed by atoms with Crippen molar-refractivity contribution in [3.8, 4) is 0 Å². The number of aliphatic hydroxyl groups excluding tert-OH is 2. The molecule has 0 aliphatic rings. The van der Waals surface area contributed by atoms with Gasteiger partial charge in [0.15, 0.2) is 0 Å². The van der Waals surface area contributed by atoms with Crippen LogP contribution in [0.15, 0.2) is 24.3 Å². The van der Waals surface area contributed by atoms with Crippen molar-refractivity contribution in [2.75, 3.05) is 13.2 Å². The average Bonchev–Trinajstić information content (AvgIpc) is 3.32. The van der Waals surface area contributed by atoms with Crippen LogP contribution in [0.25, 0.3) is 0 Å². The first-order valence-corrected chi connectivity index (χ1v) is 29.6. The van der Waals surface area contributed by atoms with Gasteiger partial charge in [0.2, 0.25) is 5.91 Å². The topological polar surface area (TPSA) is 95.9 Å². The third-order valence-electron chi connectivity index (χ3n) is 13.7. The Morgan fingerprint density at radius 1 is 0.409 bits per heavy atom. The number of nitrogens with one attached hydrogen (secondary N) is 1. The molecule has 390 valence electrons. The van der Waals surface area contributed by atoms with E-state index in [-0.39, 0.29) is 18.5 Å². The van der Waals surface area contributed by atoms with E-state index in [1.54, 1.807) is 6.08 Å². The number of carbonyl (C=O) groups is 2. The minimum Gasteiger partial charge on any atom is -0.466 e. The van der Waals surface area contributed by atoms with Crippen LogP contribution in [0.3, 0.4) is 0 Å². The molecule has 2 atom stereocenters. The summed E-state index contributed by atoms with van der Waals surface area (Å²) in [6, 6.07) is -0.640. The lowest BCUT2D eigenvalue weighted by Crippen LogP contribution is -2.45. The van der Waals surface area contributed by atoms with Gasteiger partial charge in [-0.3, -0.25) is 9.59 Å². The second kappa shape index (κ2) is 55.9. The van der Waals surface area contributed by atoms with Crippen molar-refractivity contribution in [3.05, 3.63) is 24.3 Å². The number of carbonyl (C=O) groups excluding carboxylic acids is 2. The van der Waals surface area contributed by atoms with E-state index >= 15 is 0 Å². The van der Waals surface area contributed by atoms with Gasteiger partial charge in [0, 0.05) is 12.8 Å². The summed E-state index contributed by atoms with van der Waals surface area (Å²) in [5, 5.41) is 23.2. The van der Waals surface area contributed by atoms with E-state index in [0.29, 0.717) is 19.4 Å². The summed E-state index contributed by atoms with van der Waals surface area (Å²) in [7, 11) is 0. The molecule has 0 aliphatic carbocycles. The molecule has 66 heavy (non-hydrogen) atoms. The second-order valence-electron chi connectivity index (χ2n) is 20.3. The van der Waals surface area contributed by atoms with Gasteiger partial charge >= 0.3 is 5.97 Å². The first-order valence-electron chi connectivity index (χ1n) is 29.6. The Morgan fingerprint density at radius 3 is 1.08 bits per heavy atom. The highest BCUT2D eigenvalue weighted by Crippen LogP contribution is 2.17. The molecule has 0 spiro atoms. The molecule has 0 heterocycles. The summed E-state index contributed by atoms with van der Waals surface area (Å²) in [6.45, 7) is 4.88. The van der Waals surface area contributed by atoms with Crippen molar-refractivity contribution in [1.82, 2.24) is 5.32 Å². The number of allylic oxidation sites excluding steroid dienone is 3. The quantitative estimate of drug-likeness (QED) is 0.0321. The number of hydrogen-bond donors (Lipinski definition) is 3. The first-order chi connectivity index (χ1) is 32.5. The molecular formula is C60H115NO5. The molecule has 6 nitrogen and oxygen atoms in total. The fourth-order valence-corrected chi connectivity index (χ4v) is 9.16. The summed E-state index contributed by atoms with van der Waals surface area (Å²) >= 11 is 0. The molecule has 2 unspecified atom stereocenters. The molecule has 0 saturated carbocycles. The Kier molecular flexibility index (Phi) is 54.5. The van der Waals surface area contributed by atoms with E-state index in [2.05, 4.69) is 31.3 Å². The van der Waals surface area contributed by atoms with Crippen LogP contribution in [0.2, 0.25) is 0 Å². The molecule has 0 fully saturated rings. The summed E-state index contributed by atoms with van der Waals surface area (Å²) in [4.78, 5) is 24.6. The summed E-state index contributed by atoms with van der Waals surface area (Å²) < 4.78 is 5.48. The van der Waals surface area contributed by atoms with Crippen molar-refractivity contribution in [3.63, 3.8) is 0 Å².